The number of hydrogen-bond donors (Lipinski definition) is 1. The number of methoxy groups -OCH3 is 1. The van der Waals surface area contributed by atoms with Crippen molar-refractivity contribution in [3.63, 3.8) is 0 Å². The molecule has 0 bridgehead atoms. The molecule has 18 heavy (non-hydrogen) atoms. The van der Waals surface area contributed by atoms with Crippen LogP contribution in [0.1, 0.15) is 38.8 Å². The van der Waals surface area contributed by atoms with Gasteiger partial charge in [-0.05, 0) is 36.6 Å². The van der Waals surface area contributed by atoms with Crippen LogP contribution in [0, 0.1) is 11.7 Å². The van der Waals surface area contributed by atoms with Crippen molar-refractivity contribution in [1.82, 2.24) is 5.32 Å². The van der Waals surface area contributed by atoms with E-state index in [9.17, 15) is 4.39 Å². The zero-order chi connectivity index (χ0) is 13.5. The number of benzene rings is 1. The van der Waals surface area contributed by atoms with Gasteiger partial charge >= 0.3 is 0 Å². The molecule has 0 fully saturated rings. The van der Waals surface area contributed by atoms with Gasteiger partial charge in [-0.25, -0.2) is 4.39 Å². The van der Waals surface area contributed by atoms with Crippen LogP contribution in [-0.4, -0.2) is 19.8 Å². The summed E-state index contributed by atoms with van der Waals surface area (Å²) in [6.07, 6.45) is 1.08. The van der Waals surface area contributed by atoms with Crippen LogP contribution in [0.4, 0.5) is 4.39 Å². The molecule has 2 nitrogen and oxygen atoms in total. The Bertz CT molecular complexity index is 354. The van der Waals surface area contributed by atoms with Crippen molar-refractivity contribution in [2.24, 2.45) is 5.92 Å². The Morgan fingerprint density at radius 2 is 2.06 bits per heavy atom. The first-order valence-electron chi connectivity index (χ1n) is 6.61. The number of hydrogen-bond acceptors (Lipinski definition) is 2. The van der Waals surface area contributed by atoms with Crippen LogP contribution in [0.2, 0.25) is 0 Å². The van der Waals surface area contributed by atoms with Crippen molar-refractivity contribution in [2.75, 3.05) is 13.7 Å². The van der Waals surface area contributed by atoms with Crippen molar-refractivity contribution in [3.05, 3.63) is 35.6 Å². The minimum atomic E-state index is -0.200. The van der Waals surface area contributed by atoms with E-state index in [1.165, 1.54) is 6.07 Å². The molecule has 0 amide bonds. The summed E-state index contributed by atoms with van der Waals surface area (Å²) in [6.45, 7) is 7.25. The third kappa shape index (κ3) is 4.07. The second kappa shape index (κ2) is 7.49. The Kier molecular flexibility index (Phi) is 6.30. The van der Waals surface area contributed by atoms with E-state index in [2.05, 4.69) is 26.1 Å². The number of nitrogens with one attached hydrogen (secondary N) is 1. The molecule has 0 aliphatic carbocycles. The third-order valence-corrected chi connectivity index (χ3v) is 3.08. The Morgan fingerprint density at radius 3 is 2.56 bits per heavy atom. The molecular weight excluding hydrogens is 229 g/mol. The van der Waals surface area contributed by atoms with Gasteiger partial charge in [-0.3, -0.25) is 0 Å². The van der Waals surface area contributed by atoms with Crippen LogP contribution in [0.25, 0.3) is 0 Å². The maximum atomic E-state index is 13.3. The smallest absolute Gasteiger partial charge is 0.123 e. The van der Waals surface area contributed by atoms with Crippen LogP contribution < -0.4 is 5.32 Å². The van der Waals surface area contributed by atoms with Crippen molar-refractivity contribution < 1.29 is 9.13 Å². The van der Waals surface area contributed by atoms with Crippen molar-refractivity contribution in [3.8, 4) is 0 Å². The molecule has 0 spiro atoms. The molecule has 0 heterocycles. The molecule has 3 heteroatoms. The molecule has 0 aromatic heterocycles. The summed E-state index contributed by atoms with van der Waals surface area (Å²) in [7, 11) is 1.71. The lowest BCUT2D eigenvalue weighted by atomic mass is 9.93. The lowest BCUT2D eigenvalue weighted by Crippen LogP contribution is -2.37. The number of halogens is 1. The molecule has 1 aromatic carbocycles. The highest BCUT2D eigenvalue weighted by atomic mass is 19.1. The third-order valence-electron chi connectivity index (χ3n) is 3.08. The SMILES string of the molecule is CCCNC(c1cccc(F)c1)C(OC)C(C)C. The Hall–Kier alpha value is -0.930. The van der Waals surface area contributed by atoms with Crippen LogP contribution >= 0.6 is 0 Å². The summed E-state index contributed by atoms with van der Waals surface area (Å²) in [5, 5.41) is 3.45. The number of rotatable bonds is 7. The lowest BCUT2D eigenvalue weighted by Gasteiger charge is -2.30. The van der Waals surface area contributed by atoms with Crippen molar-refractivity contribution >= 4 is 0 Å². The Labute approximate surface area is 110 Å². The van der Waals surface area contributed by atoms with E-state index in [1.54, 1.807) is 19.2 Å². The predicted octanol–water partition coefficient (Wildman–Crippen LogP) is 3.54. The highest BCUT2D eigenvalue weighted by Crippen LogP contribution is 2.25. The summed E-state index contributed by atoms with van der Waals surface area (Å²) in [5.74, 6) is 0.169. The average molecular weight is 253 g/mol. The van der Waals surface area contributed by atoms with Crippen LogP contribution in [0.3, 0.4) is 0 Å². The topological polar surface area (TPSA) is 21.3 Å². The van der Waals surface area contributed by atoms with Gasteiger partial charge in [-0.15, -0.1) is 0 Å². The molecule has 0 radical (unpaired) electrons. The highest BCUT2D eigenvalue weighted by Gasteiger charge is 2.25. The first kappa shape index (κ1) is 15.1. The van der Waals surface area contributed by atoms with Gasteiger partial charge in [0.15, 0.2) is 0 Å². The zero-order valence-corrected chi connectivity index (χ0v) is 11.7. The normalized spacial score (nSPS) is 14.8. The van der Waals surface area contributed by atoms with Crippen molar-refractivity contribution in [2.45, 2.75) is 39.3 Å². The van der Waals surface area contributed by atoms with Crippen molar-refractivity contribution in [1.29, 1.82) is 0 Å². The van der Waals surface area contributed by atoms with Crippen LogP contribution in [-0.2, 0) is 4.74 Å². The molecule has 0 saturated carbocycles. The second-order valence-electron chi connectivity index (χ2n) is 4.93. The molecule has 102 valence electrons. The van der Waals surface area contributed by atoms with E-state index in [0.29, 0.717) is 5.92 Å². The van der Waals surface area contributed by atoms with Gasteiger partial charge in [0.2, 0.25) is 0 Å². The fraction of sp³-hybridized carbons (Fsp3) is 0.600. The van der Waals surface area contributed by atoms with Crippen LogP contribution in [0.15, 0.2) is 24.3 Å². The average Bonchev–Trinajstić information content (AvgIpc) is 2.33. The molecule has 0 aliphatic heterocycles. The second-order valence-corrected chi connectivity index (χ2v) is 4.93. The van der Waals surface area contributed by atoms with E-state index in [4.69, 9.17) is 4.74 Å². The fourth-order valence-corrected chi connectivity index (χ4v) is 2.22. The Balaban J connectivity index is 2.96. The molecule has 2 atom stereocenters. The van der Waals surface area contributed by atoms with Gasteiger partial charge in [0.25, 0.3) is 0 Å². The van der Waals surface area contributed by atoms with Crippen LogP contribution in [0.5, 0.6) is 0 Å². The number of ether oxygens (including phenoxy) is 1. The molecule has 0 aliphatic rings. The summed E-state index contributed by atoms with van der Waals surface area (Å²) in [6, 6.07) is 6.79. The summed E-state index contributed by atoms with van der Waals surface area (Å²) < 4.78 is 18.9. The lowest BCUT2D eigenvalue weighted by molar-refractivity contribution is 0.0326. The minimum Gasteiger partial charge on any atom is -0.379 e. The van der Waals surface area contributed by atoms with Gasteiger partial charge in [0.05, 0.1) is 12.1 Å². The summed E-state index contributed by atoms with van der Waals surface area (Å²) >= 11 is 0. The molecular formula is C15H24FNO. The largest absolute Gasteiger partial charge is 0.379 e. The minimum absolute atomic E-state index is 0.0330. The van der Waals surface area contributed by atoms with Gasteiger partial charge in [-0.1, -0.05) is 32.9 Å². The molecule has 0 saturated heterocycles. The molecule has 2 unspecified atom stereocenters. The fourth-order valence-electron chi connectivity index (χ4n) is 2.22. The summed E-state index contributed by atoms with van der Waals surface area (Å²) in [4.78, 5) is 0. The van der Waals surface area contributed by atoms with Gasteiger partial charge < -0.3 is 10.1 Å². The highest BCUT2D eigenvalue weighted by molar-refractivity contribution is 5.21. The van der Waals surface area contributed by atoms with Gasteiger partial charge in [-0.2, -0.15) is 0 Å². The van der Waals surface area contributed by atoms with E-state index >= 15 is 0 Å². The van der Waals surface area contributed by atoms with E-state index < -0.39 is 0 Å². The standard InChI is InChI=1S/C15H24FNO/c1-5-9-17-14(15(18-4)11(2)3)12-7-6-8-13(16)10-12/h6-8,10-11,14-15,17H,5,9H2,1-4H3. The maximum absolute atomic E-state index is 13.3. The molecule has 1 N–H and O–H groups in total. The van der Waals surface area contributed by atoms with E-state index in [0.717, 1.165) is 18.5 Å². The van der Waals surface area contributed by atoms with Gasteiger partial charge in [0.1, 0.15) is 5.82 Å². The van der Waals surface area contributed by atoms with E-state index in [1.807, 2.05) is 6.07 Å². The maximum Gasteiger partial charge on any atom is 0.123 e. The molecule has 1 rings (SSSR count). The Morgan fingerprint density at radius 1 is 1.33 bits per heavy atom. The summed E-state index contributed by atoms with van der Waals surface area (Å²) in [5.41, 5.74) is 0.948. The monoisotopic (exact) mass is 253 g/mol. The first-order chi connectivity index (χ1) is 8.60. The quantitative estimate of drug-likeness (QED) is 0.802. The molecule has 1 aromatic rings. The van der Waals surface area contributed by atoms with E-state index in [-0.39, 0.29) is 18.0 Å². The first-order valence-corrected chi connectivity index (χ1v) is 6.61. The zero-order valence-electron chi connectivity index (χ0n) is 11.7. The predicted molar refractivity (Wildman–Crippen MR) is 73.1 cm³/mol. The van der Waals surface area contributed by atoms with Gasteiger partial charge in [0, 0.05) is 7.11 Å².